The predicted molar refractivity (Wildman–Crippen MR) is 58.7 cm³/mol. The molecule has 0 amide bonds. The Bertz CT molecular complexity index is 415. The number of ether oxygens (including phenoxy) is 1. The first kappa shape index (κ1) is 11.7. The van der Waals surface area contributed by atoms with Crippen LogP contribution >= 0.6 is 11.3 Å². The second-order valence-electron chi connectivity index (χ2n) is 2.66. The molecular formula is C10H12N2O2S. The van der Waals surface area contributed by atoms with Crippen LogP contribution in [-0.4, -0.2) is 24.1 Å². The van der Waals surface area contributed by atoms with Crippen molar-refractivity contribution in [1.82, 2.24) is 4.98 Å². The van der Waals surface area contributed by atoms with Gasteiger partial charge in [0, 0.05) is 0 Å². The second kappa shape index (κ2) is 5.49. The highest BCUT2D eigenvalue weighted by Crippen LogP contribution is 2.18. The molecular weight excluding hydrogens is 212 g/mol. The first-order valence-corrected chi connectivity index (χ1v) is 5.34. The number of nitrogens with zero attached hydrogens (tertiary/aromatic N) is 1. The van der Waals surface area contributed by atoms with E-state index in [1.165, 1.54) is 11.3 Å². The van der Waals surface area contributed by atoms with E-state index in [1.807, 2.05) is 0 Å². The van der Waals surface area contributed by atoms with E-state index in [1.54, 1.807) is 13.8 Å². The van der Waals surface area contributed by atoms with Gasteiger partial charge < -0.3 is 10.5 Å². The maximum Gasteiger partial charge on any atom is 0.350 e. The van der Waals surface area contributed by atoms with E-state index in [-0.39, 0.29) is 12.5 Å². The van der Waals surface area contributed by atoms with Gasteiger partial charge in [-0.15, -0.1) is 0 Å². The van der Waals surface area contributed by atoms with Gasteiger partial charge in [0.2, 0.25) is 0 Å². The number of aryl methyl sites for hydroxylation is 1. The van der Waals surface area contributed by atoms with Crippen molar-refractivity contribution in [2.75, 3.05) is 13.2 Å². The maximum atomic E-state index is 11.4. The van der Waals surface area contributed by atoms with Crippen molar-refractivity contribution in [1.29, 1.82) is 0 Å². The molecule has 1 heterocycles. The van der Waals surface area contributed by atoms with E-state index in [2.05, 4.69) is 16.8 Å². The topological polar surface area (TPSA) is 65.2 Å². The lowest BCUT2D eigenvalue weighted by Crippen LogP contribution is -2.03. The molecule has 1 rings (SSSR count). The molecule has 0 fully saturated rings. The number of thiazole rings is 1. The van der Waals surface area contributed by atoms with Crippen molar-refractivity contribution in [3.05, 3.63) is 15.6 Å². The lowest BCUT2D eigenvalue weighted by atomic mass is 10.4. The highest BCUT2D eigenvalue weighted by Gasteiger charge is 2.15. The minimum Gasteiger partial charge on any atom is -0.462 e. The number of carbonyl (C=O) groups excluding carboxylic acids is 1. The first-order valence-electron chi connectivity index (χ1n) is 4.52. The Labute approximate surface area is 92.5 Å². The maximum absolute atomic E-state index is 11.4. The smallest absolute Gasteiger partial charge is 0.350 e. The molecule has 0 unspecified atom stereocenters. The number of carbonyl (C=O) groups is 1. The minimum atomic E-state index is -0.340. The molecule has 5 heteroatoms. The zero-order chi connectivity index (χ0) is 11.3. The molecule has 0 radical (unpaired) electrons. The fourth-order valence-corrected chi connectivity index (χ4v) is 1.80. The summed E-state index contributed by atoms with van der Waals surface area (Å²) >= 11 is 1.23. The summed E-state index contributed by atoms with van der Waals surface area (Å²) in [5.41, 5.74) is 5.89. The van der Waals surface area contributed by atoms with Gasteiger partial charge in [-0.05, 0) is 19.8 Å². The highest BCUT2D eigenvalue weighted by atomic mass is 32.1. The molecule has 0 spiro atoms. The molecule has 4 nitrogen and oxygen atoms in total. The summed E-state index contributed by atoms with van der Waals surface area (Å²) < 4.78 is 4.89. The Hall–Kier alpha value is -1.38. The van der Waals surface area contributed by atoms with E-state index in [0.29, 0.717) is 22.2 Å². The molecule has 0 aliphatic heterocycles. The van der Waals surface area contributed by atoms with E-state index in [0.717, 1.165) is 0 Å². The summed E-state index contributed by atoms with van der Waals surface area (Å²) in [7, 11) is 0. The SMILES string of the molecule is CCOC(=O)c1sc(C#CCN)nc1C. The number of hydrogen-bond donors (Lipinski definition) is 1. The van der Waals surface area contributed by atoms with Crippen molar-refractivity contribution in [2.24, 2.45) is 5.73 Å². The number of hydrogen-bond acceptors (Lipinski definition) is 5. The van der Waals surface area contributed by atoms with Crippen LogP contribution in [0.3, 0.4) is 0 Å². The van der Waals surface area contributed by atoms with Crippen LogP contribution in [0.15, 0.2) is 0 Å². The van der Waals surface area contributed by atoms with E-state index in [9.17, 15) is 4.79 Å². The van der Waals surface area contributed by atoms with Gasteiger partial charge in [-0.3, -0.25) is 0 Å². The van der Waals surface area contributed by atoms with Crippen LogP contribution in [0.1, 0.15) is 27.3 Å². The normalized spacial score (nSPS) is 9.27. The van der Waals surface area contributed by atoms with Gasteiger partial charge in [-0.25, -0.2) is 9.78 Å². The average Bonchev–Trinajstić information content (AvgIpc) is 2.57. The molecule has 1 aromatic rings. The largest absolute Gasteiger partial charge is 0.462 e. The molecule has 0 atom stereocenters. The Kier molecular flexibility index (Phi) is 4.28. The van der Waals surface area contributed by atoms with Crippen LogP contribution in [0.25, 0.3) is 0 Å². The molecule has 15 heavy (non-hydrogen) atoms. The Morgan fingerprint density at radius 1 is 1.67 bits per heavy atom. The van der Waals surface area contributed by atoms with Crippen molar-refractivity contribution in [3.63, 3.8) is 0 Å². The van der Waals surface area contributed by atoms with Gasteiger partial charge in [0.15, 0.2) is 5.01 Å². The van der Waals surface area contributed by atoms with Gasteiger partial charge >= 0.3 is 5.97 Å². The van der Waals surface area contributed by atoms with Crippen molar-refractivity contribution in [2.45, 2.75) is 13.8 Å². The first-order chi connectivity index (χ1) is 7.19. The molecule has 0 saturated heterocycles. The summed E-state index contributed by atoms with van der Waals surface area (Å²) in [5, 5.41) is 0.598. The molecule has 80 valence electrons. The van der Waals surface area contributed by atoms with Gasteiger partial charge in [0.25, 0.3) is 0 Å². The fraction of sp³-hybridized carbons (Fsp3) is 0.400. The van der Waals surface area contributed by atoms with Gasteiger partial charge in [-0.1, -0.05) is 17.3 Å². The highest BCUT2D eigenvalue weighted by molar-refractivity contribution is 7.14. The Morgan fingerprint density at radius 3 is 3.00 bits per heavy atom. The average molecular weight is 224 g/mol. The van der Waals surface area contributed by atoms with Crippen LogP contribution in [0.2, 0.25) is 0 Å². The zero-order valence-corrected chi connectivity index (χ0v) is 9.48. The standard InChI is InChI=1S/C10H12N2O2S/c1-3-14-10(13)9-7(2)12-8(15-9)5-4-6-11/h3,6,11H2,1-2H3. The zero-order valence-electron chi connectivity index (χ0n) is 8.66. The number of aromatic nitrogens is 1. The van der Waals surface area contributed by atoms with Crippen LogP contribution in [-0.2, 0) is 4.74 Å². The summed E-state index contributed by atoms with van der Waals surface area (Å²) in [6.45, 7) is 4.17. The van der Waals surface area contributed by atoms with Crippen LogP contribution < -0.4 is 5.73 Å². The van der Waals surface area contributed by atoms with Gasteiger partial charge in [0.1, 0.15) is 4.88 Å². The molecule has 0 aliphatic rings. The molecule has 1 aromatic heterocycles. The van der Waals surface area contributed by atoms with Crippen molar-refractivity contribution < 1.29 is 9.53 Å². The quantitative estimate of drug-likeness (QED) is 0.599. The third-order valence-corrected chi connectivity index (χ3v) is 2.61. The third-order valence-electron chi connectivity index (χ3n) is 1.55. The Balaban J connectivity index is 2.91. The van der Waals surface area contributed by atoms with Crippen LogP contribution in [0.5, 0.6) is 0 Å². The monoisotopic (exact) mass is 224 g/mol. The summed E-state index contributed by atoms with van der Waals surface area (Å²) in [6, 6.07) is 0. The molecule has 0 aliphatic carbocycles. The molecule has 0 aromatic carbocycles. The van der Waals surface area contributed by atoms with Gasteiger partial charge in [-0.2, -0.15) is 0 Å². The Morgan fingerprint density at radius 2 is 2.40 bits per heavy atom. The molecule has 2 N–H and O–H groups in total. The third kappa shape index (κ3) is 3.05. The molecule has 0 bridgehead atoms. The van der Waals surface area contributed by atoms with Crippen LogP contribution in [0.4, 0.5) is 0 Å². The number of rotatable bonds is 2. The lowest BCUT2D eigenvalue weighted by Gasteiger charge is -1.97. The number of nitrogens with two attached hydrogens (primary N) is 1. The second-order valence-corrected chi connectivity index (χ2v) is 3.66. The van der Waals surface area contributed by atoms with Crippen molar-refractivity contribution in [3.8, 4) is 11.8 Å². The van der Waals surface area contributed by atoms with Gasteiger partial charge in [0.05, 0.1) is 18.8 Å². The summed E-state index contributed by atoms with van der Waals surface area (Å²) in [5.74, 6) is 5.14. The summed E-state index contributed by atoms with van der Waals surface area (Å²) in [4.78, 5) is 16.1. The van der Waals surface area contributed by atoms with E-state index >= 15 is 0 Å². The minimum absolute atomic E-state index is 0.285. The van der Waals surface area contributed by atoms with Crippen molar-refractivity contribution >= 4 is 17.3 Å². The lowest BCUT2D eigenvalue weighted by molar-refractivity contribution is 0.0531. The summed E-state index contributed by atoms with van der Waals surface area (Å²) in [6.07, 6.45) is 0. The molecule has 0 saturated carbocycles. The van der Waals surface area contributed by atoms with Crippen LogP contribution in [0, 0.1) is 18.8 Å². The number of esters is 1. The predicted octanol–water partition coefficient (Wildman–Crippen LogP) is 0.938. The van der Waals surface area contributed by atoms with E-state index < -0.39 is 0 Å². The fourth-order valence-electron chi connectivity index (χ4n) is 0.963. The van der Waals surface area contributed by atoms with E-state index in [4.69, 9.17) is 10.5 Å².